The smallest absolute Gasteiger partial charge is 0.270 e. The molecule has 1 saturated heterocycles. The molecule has 3 aromatic rings. The van der Waals surface area contributed by atoms with Gasteiger partial charge in [0.25, 0.3) is 11.6 Å². The second-order valence-electron chi connectivity index (χ2n) is 8.45. The van der Waals surface area contributed by atoms with Crippen molar-refractivity contribution in [3.63, 3.8) is 0 Å². The molecule has 0 aliphatic carbocycles. The van der Waals surface area contributed by atoms with Gasteiger partial charge in [-0.2, -0.15) is 0 Å². The molecule has 2 aliphatic heterocycles. The van der Waals surface area contributed by atoms with Crippen LogP contribution in [0.25, 0.3) is 0 Å². The van der Waals surface area contributed by atoms with Crippen LogP contribution in [0, 0.1) is 15.9 Å². The third-order valence-electron chi connectivity index (χ3n) is 6.27. The highest BCUT2D eigenvalue weighted by molar-refractivity contribution is 7.80. The number of hydrogen-bond donors (Lipinski definition) is 0. The van der Waals surface area contributed by atoms with Crippen molar-refractivity contribution in [1.82, 2.24) is 4.90 Å². The molecule has 0 spiro atoms. The van der Waals surface area contributed by atoms with Crippen LogP contribution in [-0.2, 0) is 0 Å². The van der Waals surface area contributed by atoms with Crippen molar-refractivity contribution >= 4 is 34.6 Å². The van der Waals surface area contributed by atoms with E-state index in [0.717, 1.165) is 0 Å². The van der Waals surface area contributed by atoms with Crippen LogP contribution >= 0.6 is 12.2 Å². The maximum atomic E-state index is 13.8. The zero-order valence-corrected chi connectivity index (χ0v) is 19.6. The third-order valence-corrected chi connectivity index (χ3v) is 6.65. The van der Waals surface area contributed by atoms with E-state index < -0.39 is 28.4 Å². The zero-order valence-electron chi connectivity index (χ0n) is 18.8. The summed E-state index contributed by atoms with van der Waals surface area (Å²) in [6, 6.07) is 16.1. The molecule has 10 heteroatoms. The monoisotopic (exact) mass is 493 g/mol. The number of carbonyl (C=O) groups is 1. The lowest BCUT2D eigenvalue weighted by molar-refractivity contribution is -0.384. The largest absolute Gasteiger partial charge is 0.493 e. The van der Waals surface area contributed by atoms with Crippen LogP contribution in [0.15, 0.2) is 66.7 Å². The van der Waals surface area contributed by atoms with Gasteiger partial charge in [-0.3, -0.25) is 24.7 Å². The minimum Gasteiger partial charge on any atom is -0.493 e. The van der Waals surface area contributed by atoms with E-state index >= 15 is 0 Å². The number of methoxy groups -OCH3 is 1. The Morgan fingerprint density at radius 3 is 2.60 bits per heavy atom. The van der Waals surface area contributed by atoms with Crippen LogP contribution < -0.4 is 14.4 Å². The number of halogens is 1. The van der Waals surface area contributed by atoms with Crippen molar-refractivity contribution in [2.45, 2.75) is 25.1 Å². The predicted octanol–water partition coefficient (Wildman–Crippen LogP) is 5.23. The first-order chi connectivity index (χ1) is 16.7. The van der Waals surface area contributed by atoms with Crippen LogP contribution in [0.2, 0.25) is 0 Å². The Bertz CT molecular complexity index is 1370. The average Bonchev–Trinajstić information content (AvgIpc) is 2.84. The van der Waals surface area contributed by atoms with Gasteiger partial charge in [0.05, 0.1) is 18.1 Å². The molecular weight excluding hydrogens is 473 g/mol. The number of carbonyl (C=O) groups excluding carboxylic acids is 1. The number of benzene rings is 3. The fourth-order valence-electron chi connectivity index (χ4n) is 4.70. The summed E-state index contributed by atoms with van der Waals surface area (Å²) in [6.45, 7) is 1.85. The Morgan fingerprint density at radius 2 is 1.91 bits per heavy atom. The number of fused-ring (bicyclic) bond motifs is 4. The van der Waals surface area contributed by atoms with Gasteiger partial charge in [0, 0.05) is 35.4 Å². The van der Waals surface area contributed by atoms with Crippen molar-refractivity contribution in [1.29, 1.82) is 0 Å². The van der Waals surface area contributed by atoms with E-state index in [2.05, 4.69) is 0 Å². The van der Waals surface area contributed by atoms with Gasteiger partial charge in [-0.15, -0.1) is 0 Å². The van der Waals surface area contributed by atoms with Crippen molar-refractivity contribution < 1.29 is 23.6 Å². The molecule has 2 heterocycles. The SMILES string of the molecule is COc1cccc2c1O[C@]1(C)C[C@H]2N(C(=O)c2cccc([N+](=O)[O-])c2)C(=S)N1c1ccc(F)cc1. The van der Waals surface area contributed by atoms with E-state index in [4.69, 9.17) is 21.7 Å². The first kappa shape index (κ1) is 22.7. The first-order valence-corrected chi connectivity index (χ1v) is 11.2. The second kappa shape index (κ2) is 8.31. The number of nitrogens with zero attached hydrogens (tertiary/aromatic N) is 3. The van der Waals surface area contributed by atoms with Gasteiger partial charge in [-0.25, -0.2) is 4.39 Å². The molecule has 35 heavy (non-hydrogen) atoms. The van der Waals surface area contributed by atoms with Gasteiger partial charge in [0.1, 0.15) is 5.82 Å². The van der Waals surface area contributed by atoms with Crippen molar-refractivity contribution in [2.24, 2.45) is 0 Å². The zero-order chi connectivity index (χ0) is 24.9. The van der Waals surface area contributed by atoms with Gasteiger partial charge in [0.2, 0.25) is 0 Å². The van der Waals surface area contributed by atoms with E-state index in [9.17, 15) is 19.3 Å². The molecule has 178 valence electrons. The highest BCUT2D eigenvalue weighted by Gasteiger charge is 2.54. The number of amides is 1. The van der Waals surface area contributed by atoms with Crippen molar-refractivity contribution in [3.05, 3.63) is 93.8 Å². The Morgan fingerprint density at radius 1 is 1.20 bits per heavy atom. The summed E-state index contributed by atoms with van der Waals surface area (Å²) >= 11 is 5.83. The summed E-state index contributed by atoms with van der Waals surface area (Å²) in [5, 5.41) is 11.5. The molecule has 3 aromatic carbocycles. The molecule has 0 radical (unpaired) electrons. The van der Waals surface area contributed by atoms with E-state index in [1.807, 2.05) is 13.0 Å². The van der Waals surface area contributed by atoms with E-state index in [-0.39, 0.29) is 16.4 Å². The minimum atomic E-state index is -1.01. The highest BCUT2D eigenvalue weighted by Crippen LogP contribution is 2.52. The van der Waals surface area contributed by atoms with E-state index in [1.54, 1.807) is 29.2 Å². The Balaban J connectivity index is 1.69. The average molecular weight is 494 g/mol. The maximum Gasteiger partial charge on any atom is 0.270 e. The summed E-state index contributed by atoms with van der Waals surface area (Å²) in [7, 11) is 1.53. The fraction of sp³-hybridized carbons (Fsp3) is 0.200. The molecule has 8 nitrogen and oxygen atoms in total. The van der Waals surface area contributed by atoms with E-state index in [1.165, 1.54) is 48.4 Å². The van der Waals surface area contributed by atoms with Crippen LogP contribution in [0.5, 0.6) is 11.5 Å². The number of ether oxygens (including phenoxy) is 2. The summed E-state index contributed by atoms with van der Waals surface area (Å²) in [5.74, 6) is 0.0580. The van der Waals surface area contributed by atoms with Gasteiger partial charge < -0.3 is 9.47 Å². The second-order valence-corrected chi connectivity index (χ2v) is 8.82. The Labute approximate surface area is 205 Å². The lowest BCUT2D eigenvalue weighted by atomic mass is 9.88. The lowest BCUT2D eigenvalue weighted by Gasteiger charge is -2.55. The normalized spacial score (nSPS) is 20.7. The third kappa shape index (κ3) is 3.66. The lowest BCUT2D eigenvalue weighted by Crippen LogP contribution is -2.67. The summed E-state index contributed by atoms with van der Waals surface area (Å²) in [5.41, 5.74) is 0.156. The molecule has 5 rings (SSSR count). The van der Waals surface area contributed by atoms with Crippen molar-refractivity contribution in [3.8, 4) is 11.5 Å². The highest BCUT2D eigenvalue weighted by atomic mass is 32.1. The molecular formula is C25H20FN3O5S. The summed E-state index contributed by atoms with van der Waals surface area (Å²) < 4.78 is 25.7. The molecule has 0 N–H and O–H groups in total. The Hall–Kier alpha value is -4.05. The maximum absolute atomic E-state index is 13.8. The number of rotatable bonds is 4. The minimum absolute atomic E-state index is 0.125. The van der Waals surface area contributed by atoms with Gasteiger partial charge in [-0.05, 0) is 55.5 Å². The molecule has 2 atom stereocenters. The topological polar surface area (TPSA) is 85.1 Å². The molecule has 1 amide bonds. The Kier molecular flexibility index (Phi) is 5.40. The molecule has 1 fully saturated rings. The molecule has 2 aliphatic rings. The van der Waals surface area contributed by atoms with Crippen LogP contribution in [0.4, 0.5) is 15.8 Å². The summed E-state index contributed by atoms with van der Waals surface area (Å²) in [6.07, 6.45) is 0.339. The number of non-ortho nitro benzene ring substituents is 1. The van der Waals surface area contributed by atoms with E-state index in [0.29, 0.717) is 29.2 Å². The standard InChI is InChI=1S/C25H20FN3O5S/c1-25-14-20(19-7-4-8-21(33-2)22(19)34-25)27(23(30)15-5-3-6-18(13-15)29(31)32)24(35)28(25)17-11-9-16(26)10-12-17/h3-13,20H,14H2,1-2H3/t20-,25-/m1/s1. The van der Waals surface area contributed by atoms with Gasteiger partial charge >= 0.3 is 0 Å². The van der Waals surface area contributed by atoms with Gasteiger partial charge in [0.15, 0.2) is 22.3 Å². The van der Waals surface area contributed by atoms with Gasteiger partial charge in [-0.1, -0.05) is 18.2 Å². The number of anilines is 1. The number of para-hydroxylation sites is 1. The number of nitro benzene ring substituents is 1. The quantitative estimate of drug-likeness (QED) is 0.280. The number of nitro groups is 1. The fourth-order valence-corrected chi connectivity index (χ4v) is 5.21. The van der Waals surface area contributed by atoms with Crippen LogP contribution in [-0.4, -0.2) is 33.7 Å². The molecule has 0 saturated carbocycles. The van der Waals surface area contributed by atoms with Crippen molar-refractivity contribution in [2.75, 3.05) is 12.0 Å². The molecule has 2 bridgehead atoms. The number of thiocarbonyl (C=S) groups is 1. The summed E-state index contributed by atoms with van der Waals surface area (Å²) in [4.78, 5) is 27.7. The van der Waals surface area contributed by atoms with Crippen LogP contribution in [0.3, 0.4) is 0 Å². The number of hydrogen-bond acceptors (Lipinski definition) is 6. The van der Waals surface area contributed by atoms with Crippen LogP contribution in [0.1, 0.15) is 35.3 Å². The predicted molar refractivity (Wildman–Crippen MR) is 130 cm³/mol. The molecule has 0 aromatic heterocycles. The molecule has 0 unspecified atom stereocenters. The first-order valence-electron chi connectivity index (χ1n) is 10.8.